The van der Waals surface area contributed by atoms with E-state index in [0.29, 0.717) is 18.1 Å². The van der Waals surface area contributed by atoms with Crippen LogP contribution in [0.4, 0.5) is 5.82 Å². The zero-order valence-electron chi connectivity index (χ0n) is 10.4. The van der Waals surface area contributed by atoms with Crippen LogP contribution in [-0.2, 0) is 6.54 Å². The molecule has 6 nitrogen and oxygen atoms in total. The molecule has 2 aliphatic heterocycles. The number of para-hydroxylation sites is 1. The predicted molar refractivity (Wildman–Crippen MR) is 77.6 cm³/mol. The van der Waals surface area contributed by atoms with Crippen LogP contribution in [0.5, 0.6) is 0 Å². The van der Waals surface area contributed by atoms with Crippen LogP contribution >= 0.6 is 11.3 Å². The van der Waals surface area contributed by atoms with Gasteiger partial charge in [0.2, 0.25) is 0 Å². The topological polar surface area (TPSA) is 82.5 Å². The van der Waals surface area contributed by atoms with Gasteiger partial charge >= 0.3 is 0 Å². The molecular weight excluding hydrogens is 272 g/mol. The summed E-state index contributed by atoms with van der Waals surface area (Å²) < 4.78 is 3.09. The SMILES string of the molecule is Nc1ncn(Cc2nc3ccccc3s2)c2ncnc1-2. The lowest BCUT2D eigenvalue weighted by molar-refractivity contribution is 0.759. The van der Waals surface area contributed by atoms with Crippen molar-refractivity contribution in [2.45, 2.75) is 6.54 Å². The lowest BCUT2D eigenvalue weighted by atomic mass is 10.3. The van der Waals surface area contributed by atoms with E-state index < -0.39 is 0 Å². The van der Waals surface area contributed by atoms with Gasteiger partial charge in [0.05, 0.1) is 23.1 Å². The molecule has 7 heteroatoms. The first-order valence-corrected chi connectivity index (χ1v) is 6.88. The van der Waals surface area contributed by atoms with Gasteiger partial charge in [0.25, 0.3) is 0 Å². The summed E-state index contributed by atoms with van der Waals surface area (Å²) in [6.07, 6.45) is 3.18. The fourth-order valence-electron chi connectivity index (χ4n) is 2.15. The van der Waals surface area contributed by atoms with Crippen LogP contribution in [-0.4, -0.2) is 24.5 Å². The molecule has 2 aliphatic rings. The Morgan fingerprint density at radius 2 is 2.05 bits per heavy atom. The van der Waals surface area contributed by atoms with Gasteiger partial charge in [0.15, 0.2) is 11.6 Å². The molecule has 2 aromatic rings. The Hall–Kier alpha value is -2.54. The van der Waals surface area contributed by atoms with Crippen LogP contribution in [0.15, 0.2) is 36.9 Å². The molecule has 0 bridgehead atoms. The summed E-state index contributed by atoms with van der Waals surface area (Å²) in [6.45, 7) is 0.613. The highest BCUT2D eigenvalue weighted by atomic mass is 32.1. The number of imidazole rings is 1. The molecule has 4 rings (SSSR count). The van der Waals surface area contributed by atoms with Crippen LogP contribution in [0.1, 0.15) is 5.01 Å². The first kappa shape index (κ1) is 11.3. The molecule has 3 heterocycles. The molecule has 0 atom stereocenters. The number of nitrogens with zero attached hydrogens (tertiary/aromatic N) is 5. The Kier molecular flexibility index (Phi) is 2.40. The van der Waals surface area contributed by atoms with Crippen molar-refractivity contribution in [3.05, 3.63) is 41.9 Å². The van der Waals surface area contributed by atoms with Crippen molar-refractivity contribution in [2.24, 2.45) is 0 Å². The van der Waals surface area contributed by atoms with E-state index in [2.05, 4.69) is 26.0 Å². The molecule has 0 unspecified atom stereocenters. The maximum absolute atomic E-state index is 5.78. The minimum Gasteiger partial charge on any atom is -0.382 e. The van der Waals surface area contributed by atoms with Gasteiger partial charge in [0.1, 0.15) is 17.0 Å². The van der Waals surface area contributed by atoms with Gasteiger partial charge in [0, 0.05) is 0 Å². The van der Waals surface area contributed by atoms with E-state index in [4.69, 9.17) is 5.73 Å². The Morgan fingerprint density at radius 1 is 1.15 bits per heavy atom. The Morgan fingerprint density at radius 3 is 2.95 bits per heavy atom. The number of nitrogens with two attached hydrogens (primary N) is 1. The van der Waals surface area contributed by atoms with Crippen molar-refractivity contribution in [1.29, 1.82) is 0 Å². The molecule has 1 aromatic carbocycles. The Balaban J connectivity index is 1.77. The summed E-state index contributed by atoms with van der Waals surface area (Å²) in [5.74, 6) is 1.13. The van der Waals surface area contributed by atoms with E-state index in [1.54, 1.807) is 17.7 Å². The molecule has 0 radical (unpaired) electrons. The summed E-state index contributed by atoms with van der Waals surface area (Å²) in [5, 5.41) is 1.01. The first-order chi connectivity index (χ1) is 9.81. The zero-order valence-corrected chi connectivity index (χ0v) is 11.2. The smallest absolute Gasteiger partial charge is 0.165 e. The molecule has 0 saturated carbocycles. The number of anilines is 1. The number of hydrogen-bond donors (Lipinski definition) is 1. The van der Waals surface area contributed by atoms with E-state index >= 15 is 0 Å². The van der Waals surface area contributed by atoms with Gasteiger partial charge in [-0.25, -0.2) is 19.9 Å². The van der Waals surface area contributed by atoms with E-state index in [1.165, 1.54) is 11.0 Å². The maximum Gasteiger partial charge on any atom is 0.165 e. The second-order valence-electron chi connectivity index (χ2n) is 4.38. The highest BCUT2D eigenvalue weighted by Crippen LogP contribution is 2.25. The third-order valence-electron chi connectivity index (χ3n) is 3.07. The predicted octanol–water partition coefficient (Wildman–Crippen LogP) is 2.02. The lowest BCUT2D eigenvalue weighted by Gasteiger charge is -2.09. The van der Waals surface area contributed by atoms with Crippen LogP contribution in [0, 0.1) is 0 Å². The van der Waals surface area contributed by atoms with Crippen LogP contribution < -0.4 is 5.73 Å². The van der Waals surface area contributed by atoms with Gasteiger partial charge in [-0.05, 0) is 12.1 Å². The molecule has 2 N–H and O–H groups in total. The molecular formula is C13H10N6S. The van der Waals surface area contributed by atoms with Crippen molar-refractivity contribution in [3.63, 3.8) is 0 Å². The van der Waals surface area contributed by atoms with E-state index in [-0.39, 0.29) is 0 Å². The average molecular weight is 282 g/mol. The third-order valence-corrected chi connectivity index (χ3v) is 4.09. The lowest BCUT2D eigenvalue weighted by Crippen LogP contribution is -2.09. The zero-order chi connectivity index (χ0) is 13.5. The van der Waals surface area contributed by atoms with E-state index in [9.17, 15) is 0 Å². The molecule has 0 spiro atoms. The molecule has 20 heavy (non-hydrogen) atoms. The fraction of sp³-hybridized carbons (Fsp3) is 0.0769. The monoisotopic (exact) mass is 282 g/mol. The number of rotatable bonds is 2. The summed E-state index contributed by atoms with van der Waals surface area (Å²) in [6, 6.07) is 8.09. The number of fused-ring (bicyclic) bond motifs is 2. The van der Waals surface area contributed by atoms with Crippen molar-refractivity contribution in [3.8, 4) is 11.5 Å². The van der Waals surface area contributed by atoms with Gasteiger partial charge in [-0.2, -0.15) is 0 Å². The van der Waals surface area contributed by atoms with Crippen LogP contribution in [0.25, 0.3) is 21.7 Å². The minimum atomic E-state index is 0.401. The van der Waals surface area contributed by atoms with Gasteiger partial charge in [-0.3, -0.25) is 0 Å². The fourth-order valence-corrected chi connectivity index (χ4v) is 3.11. The average Bonchev–Trinajstić information content (AvgIpc) is 3.08. The maximum atomic E-state index is 5.78. The Bertz CT molecular complexity index is 831. The summed E-state index contributed by atoms with van der Waals surface area (Å²) in [4.78, 5) is 17.1. The van der Waals surface area contributed by atoms with Crippen molar-refractivity contribution in [1.82, 2.24) is 24.5 Å². The number of aromatic nitrogens is 5. The quantitative estimate of drug-likeness (QED) is 0.608. The van der Waals surface area contributed by atoms with Gasteiger partial charge < -0.3 is 10.3 Å². The van der Waals surface area contributed by atoms with Crippen molar-refractivity contribution < 1.29 is 0 Å². The second kappa shape index (κ2) is 4.24. The van der Waals surface area contributed by atoms with Crippen molar-refractivity contribution >= 4 is 27.4 Å². The molecule has 0 aliphatic carbocycles. The van der Waals surface area contributed by atoms with E-state index in [1.807, 2.05) is 22.8 Å². The van der Waals surface area contributed by atoms with Gasteiger partial charge in [-0.1, -0.05) is 12.1 Å². The molecule has 0 fully saturated rings. The number of nitrogen functional groups attached to an aromatic ring is 1. The van der Waals surface area contributed by atoms with E-state index in [0.717, 1.165) is 16.3 Å². The Labute approximate surface area is 118 Å². The minimum absolute atomic E-state index is 0.401. The third kappa shape index (κ3) is 1.71. The number of hydrogen-bond acceptors (Lipinski definition) is 6. The molecule has 98 valence electrons. The standard InChI is InChI=1S/C13H10N6S/c14-12-11-13(16-6-15-11)19(7-17-12)5-10-18-8-3-1-2-4-9(8)20-10/h1-4,6-7H,5,14H2. The highest BCUT2D eigenvalue weighted by molar-refractivity contribution is 7.18. The van der Waals surface area contributed by atoms with Gasteiger partial charge in [-0.15, -0.1) is 11.3 Å². The normalized spacial score (nSPS) is 11.4. The number of benzene rings is 1. The summed E-state index contributed by atoms with van der Waals surface area (Å²) >= 11 is 1.67. The molecule has 1 aromatic heterocycles. The molecule has 0 amide bonds. The first-order valence-electron chi connectivity index (χ1n) is 6.07. The molecule has 0 saturated heterocycles. The second-order valence-corrected chi connectivity index (χ2v) is 5.49. The number of thiazole rings is 1. The van der Waals surface area contributed by atoms with Crippen LogP contribution in [0.3, 0.4) is 0 Å². The largest absolute Gasteiger partial charge is 0.382 e. The summed E-state index contributed by atoms with van der Waals surface area (Å²) in [7, 11) is 0. The van der Waals surface area contributed by atoms with Crippen LogP contribution in [0.2, 0.25) is 0 Å². The summed E-state index contributed by atoms with van der Waals surface area (Å²) in [5.41, 5.74) is 7.43. The van der Waals surface area contributed by atoms with Crippen molar-refractivity contribution in [2.75, 3.05) is 5.73 Å². The highest BCUT2D eigenvalue weighted by Gasteiger charge is 2.15.